The van der Waals surface area contributed by atoms with Gasteiger partial charge in [-0.3, -0.25) is 0 Å². The quantitative estimate of drug-likeness (QED) is 0.685. The molecule has 0 saturated heterocycles. The van der Waals surface area contributed by atoms with E-state index >= 15 is 0 Å². The van der Waals surface area contributed by atoms with Gasteiger partial charge in [-0.2, -0.15) is 13.2 Å². The Bertz CT molecular complexity index is 565. The minimum Gasteiger partial charge on any atom is -0.166 e. The van der Waals surface area contributed by atoms with Crippen molar-refractivity contribution in [1.82, 2.24) is 0 Å². The number of benzene rings is 2. The first-order valence-corrected chi connectivity index (χ1v) is 6.65. The molecule has 1 fully saturated rings. The zero-order valence-corrected chi connectivity index (χ0v) is 10.8. The molecule has 0 bridgehead atoms. The maximum Gasteiger partial charge on any atom is 0.417 e. The molecular weight excluding hydrogens is 261 g/mol. The second-order valence-electron chi connectivity index (χ2n) is 5.13. The van der Waals surface area contributed by atoms with Crippen LogP contribution >= 0.6 is 0 Å². The minimum atomic E-state index is -4.27. The molecule has 0 aromatic heterocycles. The van der Waals surface area contributed by atoms with E-state index in [1.807, 2.05) is 30.3 Å². The van der Waals surface area contributed by atoms with Crippen molar-refractivity contribution >= 4 is 0 Å². The van der Waals surface area contributed by atoms with Gasteiger partial charge < -0.3 is 0 Å². The normalized spacial score (nSPS) is 15.2. The van der Waals surface area contributed by atoms with E-state index in [1.54, 1.807) is 12.1 Å². The summed E-state index contributed by atoms with van der Waals surface area (Å²) in [4.78, 5) is 0. The van der Waals surface area contributed by atoms with Crippen LogP contribution in [0, 0.1) is 11.8 Å². The van der Waals surface area contributed by atoms with Crippen LogP contribution in [-0.4, -0.2) is 0 Å². The molecule has 0 spiro atoms. The van der Waals surface area contributed by atoms with Crippen molar-refractivity contribution in [2.75, 3.05) is 0 Å². The number of alkyl halides is 3. The van der Waals surface area contributed by atoms with Crippen LogP contribution in [0.2, 0.25) is 0 Å². The van der Waals surface area contributed by atoms with Crippen molar-refractivity contribution in [2.24, 2.45) is 5.92 Å². The van der Waals surface area contributed by atoms with Gasteiger partial charge in [-0.25, -0.2) is 0 Å². The summed E-state index contributed by atoms with van der Waals surface area (Å²) in [5.74, 6) is 1.65. The van der Waals surface area contributed by atoms with E-state index in [0.717, 1.165) is 24.0 Å². The molecule has 0 amide bonds. The van der Waals surface area contributed by atoms with Crippen LogP contribution in [0.5, 0.6) is 0 Å². The Labute approximate surface area is 116 Å². The van der Waals surface area contributed by atoms with Gasteiger partial charge in [0.05, 0.1) is 16.7 Å². The first-order chi connectivity index (χ1) is 9.55. The number of hydrogen-bond acceptors (Lipinski definition) is 0. The SMILES string of the molecule is FC(F)(F)c1ccc([C+](c2ccccc2)C2CC2)cc1. The van der Waals surface area contributed by atoms with Gasteiger partial charge in [0.15, 0.2) is 0 Å². The first kappa shape index (κ1) is 13.1. The van der Waals surface area contributed by atoms with Crippen molar-refractivity contribution < 1.29 is 13.2 Å². The second kappa shape index (κ2) is 4.89. The Morgan fingerprint density at radius 2 is 1.35 bits per heavy atom. The van der Waals surface area contributed by atoms with Crippen LogP contribution in [0.1, 0.15) is 29.5 Å². The van der Waals surface area contributed by atoms with E-state index in [2.05, 4.69) is 0 Å². The molecule has 102 valence electrons. The summed E-state index contributed by atoms with van der Waals surface area (Å²) in [7, 11) is 0. The van der Waals surface area contributed by atoms with E-state index in [1.165, 1.54) is 18.1 Å². The maximum atomic E-state index is 12.6. The van der Waals surface area contributed by atoms with Crippen LogP contribution < -0.4 is 0 Å². The molecule has 0 nitrogen and oxygen atoms in total. The van der Waals surface area contributed by atoms with Gasteiger partial charge >= 0.3 is 6.18 Å². The van der Waals surface area contributed by atoms with Crippen LogP contribution in [0.15, 0.2) is 54.6 Å². The van der Waals surface area contributed by atoms with Crippen molar-refractivity contribution in [3.8, 4) is 0 Å². The van der Waals surface area contributed by atoms with Crippen molar-refractivity contribution in [1.29, 1.82) is 0 Å². The number of rotatable bonds is 3. The number of halogens is 3. The third-order valence-corrected chi connectivity index (χ3v) is 3.59. The zero-order chi connectivity index (χ0) is 14.2. The monoisotopic (exact) mass is 275 g/mol. The molecule has 3 heteroatoms. The Morgan fingerprint density at radius 1 is 0.800 bits per heavy atom. The van der Waals surface area contributed by atoms with Crippen LogP contribution in [0.25, 0.3) is 0 Å². The van der Waals surface area contributed by atoms with Crippen molar-refractivity contribution in [3.63, 3.8) is 0 Å². The predicted molar refractivity (Wildman–Crippen MR) is 72.1 cm³/mol. The largest absolute Gasteiger partial charge is 0.417 e. The highest BCUT2D eigenvalue weighted by molar-refractivity contribution is 5.49. The fraction of sp³-hybridized carbons (Fsp3) is 0.235. The van der Waals surface area contributed by atoms with Gasteiger partial charge in [0.25, 0.3) is 0 Å². The Kier molecular flexibility index (Phi) is 3.20. The van der Waals surface area contributed by atoms with Crippen LogP contribution in [0.3, 0.4) is 0 Å². The molecule has 0 N–H and O–H groups in total. The molecule has 1 aliphatic carbocycles. The van der Waals surface area contributed by atoms with Gasteiger partial charge in [0, 0.05) is 36.1 Å². The van der Waals surface area contributed by atoms with Gasteiger partial charge in [0.1, 0.15) is 0 Å². The Morgan fingerprint density at radius 3 is 1.85 bits per heavy atom. The summed E-state index contributed by atoms with van der Waals surface area (Å²) < 4.78 is 37.8. The lowest BCUT2D eigenvalue weighted by atomic mass is 9.87. The van der Waals surface area contributed by atoms with Gasteiger partial charge in [-0.05, 0) is 43.2 Å². The minimum absolute atomic E-state index is 0.481. The lowest BCUT2D eigenvalue weighted by Gasteiger charge is -2.12. The molecule has 2 aromatic carbocycles. The molecule has 0 aliphatic heterocycles. The Hall–Kier alpha value is -1.90. The molecule has 1 aliphatic rings. The summed E-state index contributed by atoms with van der Waals surface area (Å²) in [5.41, 5.74) is 1.41. The van der Waals surface area contributed by atoms with E-state index in [0.29, 0.717) is 5.92 Å². The lowest BCUT2D eigenvalue weighted by Crippen LogP contribution is -2.07. The molecular formula is C17H14F3+. The summed E-state index contributed by atoms with van der Waals surface area (Å²) in [5, 5.41) is 0. The summed E-state index contributed by atoms with van der Waals surface area (Å²) in [6.07, 6.45) is -2.04. The van der Waals surface area contributed by atoms with Gasteiger partial charge in [0.2, 0.25) is 0 Å². The topological polar surface area (TPSA) is 0 Å². The first-order valence-electron chi connectivity index (χ1n) is 6.65. The molecule has 20 heavy (non-hydrogen) atoms. The average Bonchev–Trinajstić information content (AvgIpc) is 3.25. The standard InChI is InChI=1S/C17H14F3/c18-17(19,20)15-10-8-14(9-11-15)16(13-6-7-13)12-4-2-1-3-5-12/h1-5,8-11,13H,6-7H2/q+1. The summed E-state index contributed by atoms with van der Waals surface area (Å²) in [6, 6.07) is 15.4. The third kappa shape index (κ3) is 2.67. The Balaban J connectivity index is 1.93. The number of hydrogen-bond donors (Lipinski definition) is 0. The van der Waals surface area contributed by atoms with Gasteiger partial charge in [-0.15, -0.1) is 0 Å². The van der Waals surface area contributed by atoms with Crippen molar-refractivity contribution in [2.45, 2.75) is 19.0 Å². The lowest BCUT2D eigenvalue weighted by molar-refractivity contribution is -0.137. The molecule has 2 aromatic rings. The maximum absolute atomic E-state index is 12.6. The van der Waals surface area contributed by atoms with Crippen LogP contribution in [-0.2, 0) is 6.18 Å². The van der Waals surface area contributed by atoms with E-state index in [9.17, 15) is 13.2 Å². The highest BCUT2D eigenvalue weighted by Crippen LogP contribution is 2.45. The predicted octanol–water partition coefficient (Wildman–Crippen LogP) is 5.09. The molecule has 0 unspecified atom stereocenters. The highest BCUT2D eigenvalue weighted by atomic mass is 19.4. The third-order valence-electron chi connectivity index (χ3n) is 3.59. The van der Waals surface area contributed by atoms with E-state index in [4.69, 9.17) is 0 Å². The average molecular weight is 275 g/mol. The van der Waals surface area contributed by atoms with Gasteiger partial charge in [-0.1, -0.05) is 0 Å². The van der Waals surface area contributed by atoms with E-state index < -0.39 is 11.7 Å². The van der Waals surface area contributed by atoms with E-state index in [-0.39, 0.29) is 0 Å². The molecule has 0 heterocycles. The van der Waals surface area contributed by atoms with Crippen LogP contribution in [0.4, 0.5) is 13.2 Å². The molecule has 0 radical (unpaired) electrons. The second-order valence-corrected chi connectivity index (χ2v) is 5.13. The van der Waals surface area contributed by atoms with Crippen molar-refractivity contribution in [3.05, 3.63) is 77.2 Å². The summed E-state index contributed by atoms with van der Waals surface area (Å²) in [6.45, 7) is 0. The molecule has 0 atom stereocenters. The zero-order valence-electron chi connectivity index (χ0n) is 10.8. The molecule has 3 rings (SSSR count). The summed E-state index contributed by atoms with van der Waals surface area (Å²) >= 11 is 0. The highest BCUT2D eigenvalue weighted by Gasteiger charge is 2.38. The fourth-order valence-corrected chi connectivity index (χ4v) is 2.47. The fourth-order valence-electron chi connectivity index (χ4n) is 2.47. The smallest absolute Gasteiger partial charge is 0.166 e. The molecule has 1 saturated carbocycles.